The van der Waals surface area contributed by atoms with Crippen LogP contribution in [0, 0.1) is 0 Å². The summed E-state index contributed by atoms with van der Waals surface area (Å²) in [5.74, 6) is 0.905. The van der Waals surface area contributed by atoms with Gasteiger partial charge in [-0.05, 0) is 48.9 Å². The number of methoxy groups -OCH3 is 4. The number of anilines is 2. The summed E-state index contributed by atoms with van der Waals surface area (Å²) in [5.41, 5.74) is 2.52. The summed E-state index contributed by atoms with van der Waals surface area (Å²) >= 11 is 0. The van der Waals surface area contributed by atoms with Gasteiger partial charge in [0.15, 0.2) is 0 Å². The van der Waals surface area contributed by atoms with Gasteiger partial charge >= 0.3 is 11.9 Å². The molecule has 0 unspecified atom stereocenters. The Hall–Kier alpha value is -3.78. The molecule has 2 amide bonds. The van der Waals surface area contributed by atoms with Crippen LogP contribution < -0.4 is 29.6 Å². The van der Waals surface area contributed by atoms with Gasteiger partial charge in [-0.2, -0.15) is 0 Å². The molecule has 2 aromatic carbocycles. The maximum Gasteiger partial charge on any atom is 0.303 e. The highest BCUT2D eigenvalue weighted by atomic mass is 33.1. The number of ether oxygens (including phenoxy) is 4. The van der Waals surface area contributed by atoms with Crippen LogP contribution in [0.3, 0.4) is 0 Å². The summed E-state index contributed by atoms with van der Waals surface area (Å²) in [7, 11) is 8.98. The van der Waals surface area contributed by atoms with Gasteiger partial charge in [0.2, 0.25) is 11.8 Å². The average molecular weight is 653 g/mol. The van der Waals surface area contributed by atoms with Crippen molar-refractivity contribution in [2.24, 2.45) is 0 Å². The zero-order valence-corrected chi connectivity index (χ0v) is 27.0. The monoisotopic (exact) mass is 652 g/mol. The van der Waals surface area contributed by atoms with E-state index in [0.717, 1.165) is 11.1 Å². The fourth-order valence-corrected chi connectivity index (χ4v) is 6.16. The van der Waals surface area contributed by atoms with Crippen molar-refractivity contribution in [3.63, 3.8) is 0 Å². The summed E-state index contributed by atoms with van der Waals surface area (Å²) in [6.07, 6.45) is 2.46. The highest BCUT2D eigenvalue weighted by Crippen LogP contribution is 2.35. The van der Waals surface area contributed by atoms with Crippen molar-refractivity contribution in [1.82, 2.24) is 0 Å². The predicted molar refractivity (Wildman–Crippen MR) is 172 cm³/mol. The molecule has 0 aliphatic heterocycles. The smallest absolute Gasteiger partial charge is 0.303 e. The van der Waals surface area contributed by atoms with E-state index in [1.54, 1.807) is 24.3 Å². The number of rotatable bonds is 21. The molecule has 4 N–H and O–H groups in total. The summed E-state index contributed by atoms with van der Waals surface area (Å²) in [6.45, 7) is 0. The highest BCUT2D eigenvalue weighted by Gasteiger charge is 2.16. The van der Waals surface area contributed by atoms with Crippen LogP contribution >= 0.6 is 21.6 Å². The van der Waals surface area contributed by atoms with E-state index in [1.807, 2.05) is 0 Å². The number of aliphatic carboxylic acids is 2. The normalized spacial score (nSPS) is 10.5. The third-order valence-electron chi connectivity index (χ3n) is 6.34. The first kappa shape index (κ1) is 36.4. The van der Waals surface area contributed by atoms with E-state index < -0.39 is 11.9 Å². The van der Waals surface area contributed by atoms with Crippen molar-refractivity contribution in [1.29, 1.82) is 0 Å². The fourth-order valence-electron chi connectivity index (χ4n) is 4.18. The van der Waals surface area contributed by atoms with Gasteiger partial charge < -0.3 is 39.8 Å². The van der Waals surface area contributed by atoms with Crippen LogP contribution in [0.25, 0.3) is 0 Å². The molecule has 0 bridgehead atoms. The van der Waals surface area contributed by atoms with Crippen LogP contribution in [-0.2, 0) is 32.0 Å². The number of amides is 2. The molecule has 0 fully saturated rings. The lowest BCUT2D eigenvalue weighted by atomic mass is 10.1. The first-order chi connectivity index (χ1) is 21.1. The van der Waals surface area contributed by atoms with Crippen molar-refractivity contribution in [3.05, 3.63) is 35.4 Å². The molecular formula is C30H40N2O10S2. The zero-order chi connectivity index (χ0) is 32.5. The maximum atomic E-state index is 12.6. The molecule has 2 aromatic rings. The topological polar surface area (TPSA) is 170 Å². The molecule has 0 aliphatic carbocycles. The molecular weight excluding hydrogens is 612 g/mol. The lowest BCUT2D eigenvalue weighted by Gasteiger charge is -2.16. The average Bonchev–Trinajstić information content (AvgIpc) is 2.99. The molecule has 0 saturated carbocycles. The van der Waals surface area contributed by atoms with E-state index in [9.17, 15) is 19.2 Å². The van der Waals surface area contributed by atoms with Crippen LogP contribution in [0.2, 0.25) is 0 Å². The molecule has 0 atom stereocenters. The number of hydrogen-bond acceptors (Lipinski definition) is 10. The van der Waals surface area contributed by atoms with Crippen LogP contribution in [0.5, 0.6) is 23.0 Å². The second-order valence-electron chi connectivity index (χ2n) is 9.46. The van der Waals surface area contributed by atoms with Gasteiger partial charge in [0.05, 0.1) is 39.8 Å². The Morgan fingerprint density at radius 1 is 0.591 bits per heavy atom. The Kier molecular flexibility index (Phi) is 16.1. The first-order valence-electron chi connectivity index (χ1n) is 13.9. The van der Waals surface area contributed by atoms with E-state index in [0.29, 0.717) is 71.6 Å². The van der Waals surface area contributed by atoms with Crippen LogP contribution in [-0.4, -0.2) is 73.9 Å². The minimum absolute atomic E-state index is 0.0426. The standard InChI is InChI=1S/C30H40N2O10S2/c1-39-23-17-21(25(41-3)15-19(23)7-5-9-29(35)36)31-27(33)11-13-43-44-14-12-28(34)32-22-18-24(40-2)20(16-26(22)42-4)8-6-10-30(37)38/h15-18H,5-14H2,1-4H3,(H,31,33)(H,32,34)(H,35,36)(H,37,38). The van der Waals surface area contributed by atoms with Gasteiger partial charge in [-0.3, -0.25) is 19.2 Å². The predicted octanol–water partition coefficient (Wildman–Crippen LogP) is 5.27. The minimum Gasteiger partial charge on any atom is -0.496 e. The van der Waals surface area contributed by atoms with Gasteiger partial charge in [-0.15, -0.1) is 0 Å². The number of carbonyl (C=O) groups excluding carboxylic acids is 2. The third-order valence-corrected chi connectivity index (χ3v) is 8.74. The number of aryl methyl sites for hydroxylation is 2. The van der Waals surface area contributed by atoms with E-state index in [4.69, 9.17) is 29.2 Å². The summed E-state index contributed by atoms with van der Waals surface area (Å²) in [6, 6.07) is 6.83. The molecule has 14 heteroatoms. The number of benzene rings is 2. The Labute approximate surface area is 264 Å². The molecule has 12 nitrogen and oxygen atoms in total. The van der Waals surface area contributed by atoms with Crippen molar-refractivity contribution in [3.8, 4) is 23.0 Å². The Bertz CT molecular complexity index is 1190. The lowest BCUT2D eigenvalue weighted by molar-refractivity contribution is -0.138. The highest BCUT2D eigenvalue weighted by molar-refractivity contribution is 8.76. The van der Waals surface area contributed by atoms with Crippen molar-refractivity contribution >= 4 is 56.7 Å². The molecule has 0 heterocycles. The lowest BCUT2D eigenvalue weighted by Crippen LogP contribution is -2.14. The van der Waals surface area contributed by atoms with Gasteiger partial charge in [0, 0.05) is 49.3 Å². The van der Waals surface area contributed by atoms with E-state index in [1.165, 1.54) is 50.0 Å². The van der Waals surface area contributed by atoms with Crippen molar-refractivity contribution < 1.29 is 48.3 Å². The van der Waals surface area contributed by atoms with Gasteiger partial charge in [0.1, 0.15) is 23.0 Å². The second kappa shape index (κ2) is 19.5. The van der Waals surface area contributed by atoms with Crippen LogP contribution in [0.15, 0.2) is 24.3 Å². The molecule has 2 rings (SSSR count). The molecule has 0 aliphatic rings. The molecule has 0 aromatic heterocycles. The Balaban J connectivity index is 1.80. The summed E-state index contributed by atoms with van der Waals surface area (Å²) < 4.78 is 21.7. The molecule has 0 spiro atoms. The quantitative estimate of drug-likeness (QED) is 0.102. The molecule has 44 heavy (non-hydrogen) atoms. The van der Waals surface area contributed by atoms with Crippen LogP contribution in [0.1, 0.15) is 49.7 Å². The molecule has 0 radical (unpaired) electrons. The van der Waals surface area contributed by atoms with Crippen LogP contribution in [0.4, 0.5) is 11.4 Å². The SMILES string of the molecule is COc1cc(NC(=O)CCSSCCC(=O)Nc2cc(OC)c(CCCC(=O)O)cc2OC)c(OC)cc1CCCC(=O)O. The van der Waals surface area contributed by atoms with E-state index in [-0.39, 0.29) is 37.5 Å². The van der Waals surface area contributed by atoms with Crippen molar-refractivity contribution in [2.45, 2.75) is 51.4 Å². The Morgan fingerprint density at radius 2 is 0.955 bits per heavy atom. The third kappa shape index (κ3) is 12.4. The fraction of sp³-hybridized carbons (Fsp3) is 0.467. The molecule has 0 saturated heterocycles. The number of hydrogen-bond donors (Lipinski definition) is 4. The number of nitrogens with one attached hydrogen (secondary N) is 2. The van der Waals surface area contributed by atoms with Crippen molar-refractivity contribution in [2.75, 3.05) is 50.6 Å². The van der Waals surface area contributed by atoms with Gasteiger partial charge in [-0.25, -0.2) is 0 Å². The summed E-state index contributed by atoms with van der Waals surface area (Å²) in [5, 5.41) is 23.5. The van der Waals surface area contributed by atoms with Gasteiger partial charge in [0.25, 0.3) is 0 Å². The number of carboxylic acids is 2. The first-order valence-corrected chi connectivity index (χ1v) is 16.4. The van der Waals surface area contributed by atoms with Gasteiger partial charge in [-0.1, -0.05) is 21.6 Å². The zero-order valence-electron chi connectivity index (χ0n) is 25.4. The maximum absolute atomic E-state index is 12.6. The largest absolute Gasteiger partial charge is 0.496 e. The second-order valence-corrected chi connectivity index (χ2v) is 12.2. The molecule has 242 valence electrons. The minimum atomic E-state index is -0.865. The Morgan fingerprint density at radius 3 is 1.27 bits per heavy atom. The number of carboxylic acid groups (broad SMARTS) is 2. The summed E-state index contributed by atoms with van der Waals surface area (Å²) in [4.78, 5) is 46.8. The van der Waals surface area contributed by atoms with E-state index >= 15 is 0 Å². The number of carbonyl (C=O) groups is 4. The van der Waals surface area contributed by atoms with E-state index in [2.05, 4.69) is 10.6 Å².